The van der Waals surface area contributed by atoms with Gasteiger partial charge in [0.2, 0.25) is 0 Å². The molecule has 1 heterocycles. The van der Waals surface area contributed by atoms with Crippen LogP contribution in [0, 0.1) is 38.0 Å². The molecule has 108 valence electrons. The van der Waals surface area contributed by atoms with Crippen LogP contribution in [-0.4, -0.2) is 11.9 Å². The Kier molecular flexibility index (Phi) is 4.49. The van der Waals surface area contributed by atoms with Gasteiger partial charge in [-0.2, -0.15) is 5.26 Å². The molecule has 4 nitrogen and oxygen atoms in total. The number of aryl methyl sites for hydroxylation is 2. The molecule has 1 fully saturated rings. The third kappa shape index (κ3) is 2.87. The van der Waals surface area contributed by atoms with Crippen molar-refractivity contribution < 1.29 is 9.21 Å². The van der Waals surface area contributed by atoms with Gasteiger partial charge in [-0.15, -0.1) is 0 Å². The van der Waals surface area contributed by atoms with Gasteiger partial charge >= 0.3 is 0 Å². The van der Waals surface area contributed by atoms with Gasteiger partial charge in [0.15, 0.2) is 0 Å². The molecule has 0 saturated heterocycles. The fourth-order valence-corrected chi connectivity index (χ4v) is 3.06. The first-order valence-electron chi connectivity index (χ1n) is 7.31. The summed E-state index contributed by atoms with van der Waals surface area (Å²) < 4.78 is 5.48. The van der Waals surface area contributed by atoms with E-state index < -0.39 is 6.04 Å². The smallest absolute Gasteiger partial charge is 0.256 e. The zero-order valence-corrected chi connectivity index (χ0v) is 12.5. The molecule has 0 spiro atoms. The molecule has 1 amide bonds. The number of hydrogen-bond donors (Lipinski definition) is 1. The summed E-state index contributed by atoms with van der Waals surface area (Å²) in [5.74, 6) is 1.48. The van der Waals surface area contributed by atoms with Crippen molar-refractivity contribution in [1.29, 1.82) is 5.26 Å². The summed E-state index contributed by atoms with van der Waals surface area (Å²) in [6.07, 6.45) is 5.60. The summed E-state index contributed by atoms with van der Waals surface area (Å²) >= 11 is 0. The summed E-state index contributed by atoms with van der Waals surface area (Å²) in [5.41, 5.74) is 1.44. The fraction of sp³-hybridized carbons (Fsp3) is 0.625. The van der Waals surface area contributed by atoms with Gasteiger partial charge < -0.3 is 9.73 Å². The molecular weight excluding hydrogens is 252 g/mol. The number of carbonyl (C=O) groups excluding carboxylic acids is 1. The summed E-state index contributed by atoms with van der Waals surface area (Å²) in [5, 5.41) is 12.2. The quantitative estimate of drug-likeness (QED) is 0.918. The lowest BCUT2D eigenvalue weighted by Crippen LogP contribution is -2.40. The number of amides is 1. The Morgan fingerprint density at radius 1 is 1.25 bits per heavy atom. The van der Waals surface area contributed by atoms with Crippen molar-refractivity contribution in [2.75, 3.05) is 0 Å². The van der Waals surface area contributed by atoms with Gasteiger partial charge in [-0.05, 0) is 39.5 Å². The molecule has 0 bridgehead atoms. The van der Waals surface area contributed by atoms with Gasteiger partial charge in [-0.3, -0.25) is 4.79 Å². The highest BCUT2D eigenvalue weighted by atomic mass is 16.3. The third-order valence-corrected chi connectivity index (χ3v) is 4.34. The largest absolute Gasteiger partial charge is 0.466 e. The van der Waals surface area contributed by atoms with E-state index in [1.165, 1.54) is 6.42 Å². The minimum Gasteiger partial charge on any atom is -0.466 e. The second-order valence-corrected chi connectivity index (χ2v) is 5.69. The SMILES string of the molecule is Cc1oc(C)c(C(=O)NC(C#N)C2CCCCC2)c1C. The van der Waals surface area contributed by atoms with Gasteiger partial charge in [0.25, 0.3) is 5.91 Å². The van der Waals surface area contributed by atoms with E-state index in [9.17, 15) is 10.1 Å². The average molecular weight is 274 g/mol. The number of rotatable bonds is 3. The molecule has 0 radical (unpaired) electrons. The third-order valence-electron chi connectivity index (χ3n) is 4.34. The lowest BCUT2D eigenvalue weighted by molar-refractivity contribution is 0.0927. The monoisotopic (exact) mass is 274 g/mol. The molecule has 1 atom stereocenters. The zero-order chi connectivity index (χ0) is 14.7. The summed E-state index contributed by atoms with van der Waals surface area (Å²) in [6.45, 7) is 5.52. The first kappa shape index (κ1) is 14.6. The highest BCUT2D eigenvalue weighted by Gasteiger charge is 2.27. The first-order valence-corrected chi connectivity index (χ1v) is 7.31. The van der Waals surface area contributed by atoms with Crippen molar-refractivity contribution in [3.8, 4) is 6.07 Å². The second kappa shape index (κ2) is 6.13. The molecule has 1 saturated carbocycles. The molecule has 20 heavy (non-hydrogen) atoms. The van der Waals surface area contributed by atoms with Gasteiger partial charge in [-0.25, -0.2) is 0 Å². The maximum absolute atomic E-state index is 12.4. The average Bonchev–Trinajstić information content (AvgIpc) is 2.70. The van der Waals surface area contributed by atoms with E-state index in [0.717, 1.165) is 37.0 Å². The molecule has 1 aromatic rings. The Morgan fingerprint density at radius 3 is 2.40 bits per heavy atom. The lowest BCUT2D eigenvalue weighted by Gasteiger charge is -2.26. The van der Waals surface area contributed by atoms with E-state index in [-0.39, 0.29) is 11.8 Å². The molecule has 2 rings (SSSR count). The number of nitrogens with one attached hydrogen (secondary N) is 1. The van der Waals surface area contributed by atoms with Crippen LogP contribution in [-0.2, 0) is 0 Å². The van der Waals surface area contributed by atoms with Gasteiger partial charge in [-0.1, -0.05) is 19.3 Å². The molecule has 1 N–H and O–H groups in total. The van der Waals surface area contributed by atoms with Crippen LogP contribution < -0.4 is 5.32 Å². The molecule has 1 aromatic heterocycles. The number of nitrogens with zero attached hydrogens (tertiary/aromatic N) is 1. The van der Waals surface area contributed by atoms with E-state index in [0.29, 0.717) is 11.3 Å². The van der Waals surface area contributed by atoms with Crippen molar-refractivity contribution >= 4 is 5.91 Å². The van der Waals surface area contributed by atoms with Crippen LogP contribution in [0.4, 0.5) is 0 Å². The Labute approximate surface area is 120 Å². The van der Waals surface area contributed by atoms with Crippen molar-refractivity contribution in [3.63, 3.8) is 0 Å². The Hall–Kier alpha value is -1.76. The number of furan rings is 1. The lowest BCUT2D eigenvalue weighted by atomic mass is 9.84. The maximum atomic E-state index is 12.4. The van der Waals surface area contributed by atoms with Gasteiger partial charge in [0.05, 0.1) is 11.6 Å². The van der Waals surface area contributed by atoms with Crippen LogP contribution in [0.5, 0.6) is 0 Å². The van der Waals surface area contributed by atoms with E-state index in [1.54, 1.807) is 6.92 Å². The van der Waals surface area contributed by atoms with E-state index in [1.807, 2.05) is 13.8 Å². The molecule has 1 aliphatic carbocycles. The molecule has 4 heteroatoms. The molecule has 0 aromatic carbocycles. The summed E-state index contributed by atoms with van der Waals surface area (Å²) in [7, 11) is 0. The predicted molar refractivity (Wildman–Crippen MR) is 76.4 cm³/mol. The van der Waals surface area contributed by atoms with Crippen LogP contribution >= 0.6 is 0 Å². The molecular formula is C16H22N2O2. The van der Waals surface area contributed by atoms with Crippen LogP contribution in [0.25, 0.3) is 0 Å². The fourth-order valence-electron chi connectivity index (χ4n) is 3.06. The van der Waals surface area contributed by atoms with E-state index >= 15 is 0 Å². The van der Waals surface area contributed by atoms with Crippen LogP contribution in [0.3, 0.4) is 0 Å². The standard InChI is InChI=1S/C16H22N2O2/c1-10-11(2)20-12(3)15(10)16(19)18-14(9-17)13-7-5-4-6-8-13/h13-14H,4-8H2,1-3H3,(H,18,19). The molecule has 1 unspecified atom stereocenters. The van der Waals surface area contributed by atoms with Crippen LogP contribution in [0.1, 0.15) is 59.5 Å². The van der Waals surface area contributed by atoms with Gasteiger partial charge in [0, 0.05) is 5.56 Å². The Balaban J connectivity index is 2.11. The Morgan fingerprint density at radius 2 is 1.90 bits per heavy atom. The number of nitriles is 1. The predicted octanol–water partition coefficient (Wildman–Crippen LogP) is 3.41. The van der Waals surface area contributed by atoms with Crippen LogP contribution in [0.15, 0.2) is 4.42 Å². The summed E-state index contributed by atoms with van der Waals surface area (Å²) in [4.78, 5) is 12.4. The minimum absolute atomic E-state index is 0.186. The minimum atomic E-state index is -0.392. The van der Waals surface area contributed by atoms with E-state index in [2.05, 4.69) is 11.4 Å². The van der Waals surface area contributed by atoms with Crippen LogP contribution in [0.2, 0.25) is 0 Å². The van der Waals surface area contributed by atoms with Gasteiger partial charge in [0.1, 0.15) is 17.6 Å². The number of carbonyl (C=O) groups is 1. The second-order valence-electron chi connectivity index (χ2n) is 5.69. The van der Waals surface area contributed by atoms with Crippen molar-refractivity contribution in [2.45, 2.75) is 58.9 Å². The van der Waals surface area contributed by atoms with Crippen molar-refractivity contribution in [2.24, 2.45) is 5.92 Å². The molecule has 1 aliphatic rings. The molecule has 0 aliphatic heterocycles. The zero-order valence-electron chi connectivity index (χ0n) is 12.5. The Bertz CT molecular complexity index is 533. The first-order chi connectivity index (χ1) is 9.54. The maximum Gasteiger partial charge on any atom is 0.256 e. The highest BCUT2D eigenvalue weighted by molar-refractivity contribution is 5.97. The van der Waals surface area contributed by atoms with E-state index in [4.69, 9.17) is 4.42 Å². The highest BCUT2D eigenvalue weighted by Crippen LogP contribution is 2.27. The van der Waals surface area contributed by atoms with Crippen molar-refractivity contribution in [3.05, 3.63) is 22.6 Å². The topological polar surface area (TPSA) is 66.0 Å². The normalized spacial score (nSPS) is 17.5. The summed E-state index contributed by atoms with van der Waals surface area (Å²) in [6, 6.07) is 1.86. The van der Waals surface area contributed by atoms with Crippen molar-refractivity contribution in [1.82, 2.24) is 5.32 Å². The number of hydrogen-bond acceptors (Lipinski definition) is 3.